The predicted molar refractivity (Wildman–Crippen MR) is 79.0 cm³/mol. The van der Waals surface area contributed by atoms with Crippen molar-refractivity contribution in [2.24, 2.45) is 11.8 Å². The minimum absolute atomic E-state index is 0.00934. The molecule has 0 bridgehead atoms. The molecule has 2 aliphatic rings. The number of rotatable bonds is 5. The first kappa shape index (κ1) is 15.1. The Kier molecular flexibility index (Phi) is 3.94. The fourth-order valence-corrected chi connectivity index (χ4v) is 3.29. The van der Waals surface area contributed by atoms with Crippen molar-refractivity contribution < 1.29 is 9.59 Å². The second-order valence-corrected chi connectivity index (χ2v) is 6.74. The highest BCUT2D eigenvalue weighted by Gasteiger charge is 2.56. The number of carbonyl (C=O) groups excluding carboxylic acids is 2. The fraction of sp³-hybridized carbons (Fsp3) is 0.750. The van der Waals surface area contributed by atoms with E-state index in [2.05, 4.69) is 11.9 Å². The Labute approximate surface area is 121 Å². The van der Waals surface area contributed by atoms with Gasteiger partial charge in [0.05, 0.1) is 0 Å². The molecule has 1 aliphatic heterocycles. The van der Waals surface area contributed by atoms with E-state index in [1.165, 1.54) is 0 Å². The van der Waals surface area contributed by atoms with E-state index >= 15 is 0 Å². The van der Waals surface area contributed by atoms with Crippen molar-refractivity contribution in [1.82, 2.24) is 10.2 Å². The molecule has 1 saturated heterocycles. The van der Waals surface area contributed by atoms with Crippen LogP contribution in [-0.4, -0.2) is 34.3 Å². The monoisotopic (exact) mass is 278 g/mol. The second kappa shape index (κ2) is 5.23. The van der Waals surface area contributed by atoms with Crippen LogP contribution in [-0.2, 0) is 9.59 Å². The number of piperazine rings is 1. The fourth-order valence-electron chi connectivity index (χ4n) is 3.29. The van der Waals surface area contributed by atoms with E-state index in [-0.39, 0.29) is 29.8 Å². The maximum absolute atomic E-state index is 13.0. The highest BCUT2D eigenvalue weighted by Crippen LogP contribution is 2.43. The van der Waals surface area contributed by atoms with Crippen molar-refractivity contribution in [1.29, 1.82) is 0 Å². The lowest BCUT2D eigenvalue weighted by Crippen LogP contribution is -2.72. The molecule has 1 saturated carbocycles. The quantitative estimate of drug-likeness (QED) is 0.783. The van der Waals surface area contributed by atoms with Crippen LogP contribution >= 0.6 is 0 Å². The van der Waals surface area contributed by atoms with Crippen molar-refractivity contribution in [3.63, 3.8) is 0 Å². The summed E-state index contributed by atoms with van der Waals surface area (Å²) in [5.74, 6) is 0.470. The minimum atomic E-state index is -0.710. The van der Waals surface area contributed by atoms with Crippen LogP contribution in [0.25, 0.3) is 0 Å². The molecule has 4 heteroatoms. The van der Waals surface area contributed by atoms with E-state index in [9.17, 15) is 9.59 Å². The zero-order chi connectivity index (χ0) is 15.1. The number of amides is 2. The van der Waals surface area contributed by atoms with Gasteiger partial charge in [-0.2, -0.15) is 0 Å². The largest absolute Gasteiger partial charge is 0.340 e. The van der Waals surface area contributed by atoms with Gasteiger partial charge < -0.3 is 10.2 Å². The molecule has 0 spiro atoms. The Hall–Kier alpha value is -1.32. The van der Waals surface area contributed by atoms with Crippen LogP contribution in [0.3, 0.4) is 0 Å². The molecule has 1 heterocycles. The first-order valence-corrected chi connectivity index (χ1v) is 7.58. The number of nitrogens with one attached hydrogen (secondary N) is 1. The summed E-state index contributed by atoms with van der Waals surface area (Å²) in [6.07, 6.45) is 4.58. The summed E-state index contributed by atoms with van der Waals surface area (Å²) in [6, 6.07) is -0.360. The number of hydrogen-bond acceptors (Lipinski definition) is 2. The summed E-state index contributed by atoms with van der Waals surface area (Å²) in [4.78, 5) is 27.3. The van der Waals surface area contributed by atoms with Gasteiger partial charge in [0.15, 0.2) is 0 Å². The van der Waals surface area contributed by atoms with Gasteiger partial charge in [0.25, 0.3) is 0 Å². The van der Waals surface area contributed by atoms with Crippen LogP contribution in [0.1, 0.15) is 47.0 Å². The number of nitrogens with zero attached hydrogens (tertiary/aromatic N) is 1. The topological polar surface area (TPSA) is 49.4 Å². The minimum Gasteiger partial charge on any atom is -0.340 e. The standard InChI is InChI=1S/C16H26N2O2/c1-6-7-11(4)18-13(10(2)3)14(19)17-16(5,15(18)20)12-8-9-12/h6,10-13H,1,7-9H2,2-5H3,(H,17,19). The zero-order valence-corrected chi connectivity index (χ0v) is 13.0. The highest BCUT2D eigenvalue weighted by molar-refractivity contribution is 6.00. The van der Waals surface area contributed by atoms with Gasteiger partial charge in [-0.05, 0) is 44.9 Å². The first-order valence-electron chi connectivity index (χ1n) is 7.58. The Balaban J connectivity index is 2.35. The van der Waals surface area contributed by atoms with E-state index < -0.39 is 5.54 Å². The van der Waals surface area contributed by atoms with Crippen LogP contribution in [0.2, 0.25) is 0 Å². The number of hydrogen-bond donors (Lipinski definition) is 1. The van der Waals surface area contributed by atoms with Crippen LogP contribution in [0, 0.1) is 11.8 Å². The van der Waals surface area contributed by atoms with Crippen LogP contribution < -0.4 is 5.32 Å². The van der Waals surface area contributed by atoms with Gasteiger partial charge in [0, 0.05) is 6.04 Å². The molecule has 0 aromatic rings. The van der Waals surface area contributed by atoms with Gasteiger partial charge in [0.1, 0.15) is 11.6 Å². The third-order valence-corrected chi connectivity index (χ3v) is 4.64. The van der Waals surface area contributed by atoms with Crippen LogP contribution in [0.15, 0.2) is 12.7 Å². The smallest absolute Gasteiger partial charge is 0.249 e. The Bertz CT molecular complexity index is 428. The second-order valence-electron chi connectivity index (χ2n) is 6.74. The average molecular weight is 278 g/mol. The van der Waals surface area contributed by atoms with Crippen LogP contribution in [0.4, 0.5) is 0 Å². The molecule has 20 heavy (non-hydrogen) atoms. The molecule has 0 aromatic carbocycles. The lowest BCUT2D eigenvalue weighted by Gasteiger charge is -2.48. The van der Waals surface area contributed by atoms with E-state index in [4.69, 9.17) is 0 Å². The van der Waals surface area contributed by atoms with Gasteiger partial charge in [-0.3, -0.25) is 9.59 Å². The average Bonchev–Trinajstić information content (AvgIpc) is 3.17. The predicted octanol–water partition coefficient (Wildman–Crippen LogP) is 2.10. The van der Waals surface area contributed by atoms with Crippen molar-refractivity contribution in [3.05, 3.63) is 12.7 Å². The third-order valence-electron chi connectivity index (χ3n) is 4.64. The lowest BCUT2D eigenvalue weighted by molar-refractivity contribution is -0.159. The van der Waals surface area contributed by atoms with E-state index in [1.54, 1.807) is 0 Å². The summed E-state index contributed by atoms with van der Waals surface area (Å²) in [5.41, 5.74) is -0.710. The molecule has 2 amide bonds. The van der Waals surface area contributed by atoms with Gasteiger partial charge in [-0.25, -0.2) is 0 Å². The maximum atomic E-state index is 13.0. The van der Waals surface area contributed by atoms with Gasteiger partial charge in [-0.1, -0.05) is 19.9 Å². The molecule has 4 nitrogen and oxygen atoms in total. The molecule has 2 fully saturated rings. The molecule has 2 rings (SSSR count). The molecule has 1 N–H and O–H groups in total. The van der Waals surface area contributed by atoms with E-state index in [0.717, 1.165) is 12.8 Å². The van der Waals surface area contributed by atoms with Gasteiger partial charge >= 0.3 is 0 Å². The van der Waals surface area contributed by atoms with Gasteiger partial charge in [0.2, 0.25) is 11.8 Å². The van der Waals surface area contributed by atoms with Gasteiger partial charge in [-0.15, -0.1) is 6.58 Å². The first-order chi connectivity index (χ1) is 9.32. The summed E-state index contributed by atoms with van der Waals surface area (Å²) >= 11 is 0. The molecule has 3 atom stereocenters. The zero-order valence-electron chi connectivity index (χ0n) is 13.0. The van der Waals surface area contributed by atoms with Crippen molar-refractivity contribution in [2.75, 3.05) is 0 Å². The van der Waals surface area contributed by atoms with Crippen molar-refractivity contribution in [3.8, 4) is 0 Å². The summed E-state index contributed by atoms with van der Waals surface area (Å²) in [5, 5.41) is 3.01. The molecular weight excluding hydrogens is 252 g/mol. The molecule has 0 radical (unpaired) electrons. The SMILES string of the molecule is C=CCC(C)N1C(=O)C(C)(C2CC2)NC(=O)C1C(C)C. The Morgan fingerprint density at radius 3 is 2.45 bits per heavy atom. The van der Waals surface area contributed by atoms with Crippen molar-refractivity contribution in [2.45, 2.75) is 64.6 Å². The molecule has 0 aromatic heterocycles. The summed E-state index contributed by atoms with van der Waals surface area (Å²) in [6.45, 7) is 11.6. The maximum Gasteiger partial charge on any atom is 0.249 e. The van der Waals surface area contributed by atoms with E-state index in [0.29, 0.717) is 12.3 Å². The van der Waals surface area contributed by atoms with Crippen LogP contribution in [0.5, 0.6) is 0 Å². The molecule has 1 aliphatic carbocycles. The van der Waals surface area contributed by atoms with E-state index in [1.807, 2.05) is 38.7 Å². The Morgan fingerprint density at radius 1 is 1.40 bits per heavy atom. The molecular formula is C16H26N2O2. The lowest BCUT2D eigenvalue weighted by atomic mass is 9.85. The van der Waals surface area contributed by atoms with Crippen molar-refractivity contribution >= 4 is 11.8 Å². The molecule has 112 valence electrons. The highest BCUT2D eigenvalue weighted by atomic mass is 16.2. The molecule has 3 unspecified atom stereocenters. The third kappa shape index (κ3) is 2.36. The Morgan fingerprint density at radius 2 is 2.00 bits per heavy atom. The number of carbonyl (C=O) groups is 2. The normalized spacial score (nSPS) is 32.2. The summed E-state index contributed by atoms with van der Waals surface area (Å²) in [7, 11) is 0. The summed E-state index contributed by atoms with van der Waals surface area (Å²) < 4.78 is 0.